The second-order valence-corrected chi connectivity index (χ2v) is 7.20. The van der Waals surface area contributed by atoms with Crippen LogP contribution < -0.4 is 5.32 Å². The van der Waals surface area contributed by atoms with E-state index in [1.165, 1.54) is 6.20 Å². The highest BCUT2D eigenvalue weighted by atomic mass is 32.1. The van der Waals surface area contributed by atoms with E-state index < -0.39 is 0 Å². The molecular formula is C17H23N5O2S. The van der Waals surface area contributed by atoms with E-state index in [1.807, 2.05) is 42.6 Å². The quantitative estimate of drug-likeness (QED) is 0.901. The third-order valence-corrected chi connectivity index (χ3v) is 5.44. The largest absolute Gasteiger partial charge is 0.348 e. The molecule has 0 aliphatic carbocycles. The molecule has 25 heavy (non-hydrogen) atoms. The van der Waals surface area contributed by atoms with E-state index in [1.54, 1.807) is 0 Å². The molecule has 1 atom stereocenters. The molecule has 1 N–H and O–H groups in total. The van der Waals surface area contributed by atoms with Crippen molar-refractivity contribution in [1.29, 1.82) is 0 Å². The molecule has 3 heterocycles. The first-order valence-electron chi connectivity index (χ1n) is 8.47. The van der Waals surface area contributed by atoms with Crippen LogP contribution in [-0.2, 0) is 7.05 Å². The zero-order chi connectivity index (χ0) is 18.0. The maximum absolute atomic E-state index is 12.7. The van der Waals surface area contributed by atoms with E-state index in [0.717, 1.165) is 35.8 Å². The van der Waals surface area contributed by atoms with Crippen LogP contribution >= 0.6 is 11.7 Å². The number of nitrogens with one attached hydrogen (secondary N) is 1. The predicted octanol–water partition coefficient (Wildman–Crippen LogP) is 1.86. The molecule has 0 radical (unpaired) electrons. The Kier molecular flexibility index (Phi) is 5.17. The van der Waals surface area contributed by atoms with Gasteiger partial charge in [0.05, 0.1) is 17.9 Å². The maximum atomic E-state index is 12.7. The van der Waals surface area contributed by atoms with Crippen LogP contribution in [0.2, 0.25) is 0 Å². The fourth-order valence-electron chi connectivity index (χ4n) is 3.39. The Morgan fingerprint density at radius 1 is 1.36 bits per heavy atom. The molecular weight excluding hydrogens is 338 g/mol. The van der Waals surface area contributed by atoms with Crippen molar-refractivity contribution in [3.05, 3.63) is 35.4 Å². The number of rotatable bonds is 4. The fourth-order valence-corrected chi connectivity index (χ4v) is 3.80. The zero-order valence-electron chi connectivity index (χ0n) is 14.7. The van der Waals surface area contributed by atoms with Crippen LogP contribution in [0, 0.1) is 12.8 Å². The number of amides is 2. The molecule has 0 spiro atoms. The zero-order valence-corrected chi connectivity index (χ0v) is 15.5. The Hall–Kier alpha value is -2.22. The van der Waals surface area contributed by atoms with Crippen LogP contribution in [0.5, 0.6) is 0 Å². The average molecular weight is 361 g/mol. The number of aromatic nitrogens is 3. The lowest BCUT2D eigenvalue weighted by atomic mass is 9.90. The van der Waals surface area contributed by atoms with Gasteiger partial charge in [0.2, 0.25) is 0 Å². The van der Waals surface area contributed by atoms with Gasteiger partial charge in [0.1, 0.15) is 5.69 Å². The van der Waals surface area contributed by atoms with Crippen LogP contribution in [0.1, 0.15) is 46.3 Å². The van der Waals surface area contributed by atoms with Gasteiger partial charge in [0, 0.05) is 32.4 Å². The molecule has 1 saturated heterocycles. The lowest BCUT2D eigenvalue weighted by Gasteiger charge is -2.35. The summed E-state index contributed by atoms with van der Waals surface area (Å²) in [6.45, 7) is 5.41. The first-order chi connectivity index (χ1) is 12.0. The summed E-state index contributed by atoms with van der Waals surface area (Å²) in [5.74, 6) is 0.266. The molecule has 3 rings (SSSR count). The minimum Gasteiger partial charge on any atom is -0.348 e. The molecule has 0 bridgehead atoms. The van der Waals surface area contributed by atoms with Gasteiger partial charge in [0.15, 0.2) is 5.69 Å². The highest BCUT2D eigenvalue weighted by Crippen LogP contribution is 2.23. The predicted molar refractivity (Wildman–Crippen MR) is 95.6 cm³/mol. The van der Waals surface area contributed by atoms with Gasteiger partial charge in [-0.2, -0.15) is 8.75 Å². The van der Waals surface area contributed by atoms with E-state index in [2.05, 4.69) is 14.1 Å². The molecule has 2 aromatic rings. The van der Waals surface area contributed by atoms with Crippen molar-refractivity contribution in [1.82, 2.24) is 23.5 Å². The summed E-state index contributed by atoms with van der Waals surface area (Å²) in [5.41, 5.74) is 2.13. The molecule has 134 valence electrons. The number of hydrogen-bond donors (Lipinski definition) is 1. The standard InChI is InChI=1S/C17H23N5O2S/c1-11-4-7-21(3)15(11)17(24)22-8-5-13(6-9-22)12(2)19-16(23)14-10-18-25-20-14/h4,7,10,12-13H,5-6,8-9H2,1-3H3,(H,19,23)/t12-/m1/s1. The number of carbonyl (C=O) groups excluding carboxylic acids is 2. The Morgan fingerprint density at radius 2 is 2.08 bits per heavy atom. The second kappa shape index (κ2) is 7.35. The van der Waals surface area contributed by atoms with Crippen molar-refractivity contribution in [3.8, 4) is 0 Å². The Bertz CT molecular complexity index is 728. The summed E-state index contributed by atoms with van der Waals surface area (Å²) in [4.78, 5) is 26.7. The van der Waals surface area contributed by atoms with E-state index in [0.29, 0.717) is 24.7 Å². The maximum Gasteiger partial charge on any atom is 0.272 e. The molecule has 7 nitrogen and oxygen atoms in total. The number of carbonyl (C=O) groups is 2. The Labute approximate surface area is 151 Å². The van der Waals surface area contributed by atoms with Crippen LogP contribution in [0.4, 0.5) is 0 Å². The van der Waals surface area contributed by atoms with Gasteiger partial charge in [-0.25, -0.2) is 0 Å². The molecule has 0 unspecified atom stereocenters. The molecule has 2 amide bonds. The van der Waals surface area contributed by atoms with Crippen LogP contribution in [-0.4, -0.2) is 49.2 Å². The smallest absolute Gasteiger partial charge is 0.272 e. The van der Waals surface area contributed by atoms with E-state index in [4.69, 9.17) is 0 Å². The number of likely N-dealkylation sites (tertiary alicyclic amines) is 1. The first-order valence-corrected chi connectivity index (χ1v) is 9.20. The molecule has 2 aromatic heterocycles. The van der Waals surface area contributed by atoms with Gasteiger partial charge in [-0.05, 0) is 44.2 Å². The Morgan fingerprint density at radius 3 is 2.64 bits per heavy atom. The lowest BCUT2D eigenvalue weighted by Crippen LogP contribution is -2.46. The van der Waals surface area contributed by atoms with Crippen LogP contribution in [0.15, 0.2) is 18.5 Å². The minimum atomic E-state index is -0.181. The summed E-state index contributed by atoms with van der Waals surface area (Å²) in [6, 6.07) is 2.01. The highest BCUT2D eigenvalue weighted by Gasteiger charge is 2.29. The van der Waals surface area contributed by atoms with Crippen molar-refractivity contribution in [2.24, 2.45) is 13.0 Å². The molecule has 1 aliphatic heterocycles. The minimum absolute atomic E-state index is 0.0447. The normalized spacial score (nSPS) is 16.7. The summed E-state index contributed by atoms with van der Waals surface area (Å²) >= 11 is 1.03. The monoisotopic (exact) mass is 361 g/mol. The van der Waals surface area contributed by atoms with Gasteiger partial charge < -0.3 is 14.8 Å². The molecule has 0 aromatic carbocycles. The molecule has 1 fully saturated rings. The number of hydrogen-bond acceptors (Lipinski definition) is 5. The van der Waals surface area contributed by atoms with Gasteiger partial charge in [-0.15, -0.1) is 0 Å². The molecule has 1 aliphatic rings. The van der Waals surface area contributed by atoms with Crippen LogP contribution in [0.25, 0.3) is 0 Å². The second-order valence-electron chi connectivity index (χ2n) is 6.64. The number of nitrogens with zero attached hydrogens (tertiary/aromatic N) is 4. The van der Waals surface area contributed by atoms with Gasteiger partial charge >= 0.3 is 0 Å². The number of aryl methyl sites for hydroxylation is 2. The SMILES string of the molecule is Cc1ccn(C)c1C(=O)N1CCC([C@@H](C)NC(=O)c2cnsn2)CC1. The van der Waals surface area contributed by atoms with E-state index in [9.17, 15) is 9.59 Å². The highest BCUT2D eigenvalue weighted by molar-refractivity contribution is 6.99. The van der Waals surface area contributed by atoms with E-state index in [-0.39, 0.29) is 17.9 Å². The molecule has 0 saturated carbocycles. The first kappa shape index (κ1) is 17.6. The van der Waals surface area contributed by atoms with Crippen LogP contribution in [0.3, 0.4) is 0 Å². The van der Waals surface area contributed by atoms with Crippen molar-refractivity contribution in [2.75, 3.05) is 13.1 Å². The average Bonchev–Trinajstić information content (AvgIpc) is 3.25. The van der Waals surface area contributed by atoms with Crippen molar-refractivity contribution >= 4 is 23.5 Å². The van der Waals surface area contributed by atoms with Crippen molar-refractivity contribution in [2.45, 2.75) is 32.7 Å². The third kappa shape index (κ3) is 3.73. The fraction of sp³-hybridized carbons (Fsp3) is 0.529. The summed E-state index contributed by atoms with van der Waals surface area (Å²) in [7, 11) is 1.90. The van der Waals surface area contributed by atoms with E-state index >= 15 is 0 Å². The summed E-state index contributed by atoms with van der Waals surface area (Å²) in [5, 5.41) is 3.00. The molecule has 8 heteroatoms. The summed E-state index contributed by atoms with van der Waals surface area (Å²) < 4.78 is 9.70. The van der Waals surface area contributed by atoms with Gasteiger partial charge in [-0.1, -0.05) is 0 Å². The van der Waals surface area contributed by atoms with Gasteiger partial charge in [-0.3, -0.25) is 9.59 Å². The van der Waals surface area contributed by atoms with Gasteiger partial charge in [0.25, 0.3) is 11.8 Å². The topological polar surface area (TPSA) is 80.1 Å². The summed E-state index contributed by atoms with van der Waals surface area (Å²) in [6.07, 6.45) is 5.16. The van der Waals surface area contributed by atoms with Crippen molar-refractivity contribution in [3.63, 3.8) is 0 Å². The van der Waals surface area contributed by atoms with Crippen molar-refractivity contribution < 1.29 is 9.59 Å². The Balaban J connectivity index is 1.55. The lowest BCUT2D eigenvalue weighted by molar-refractivity contribution is 0.0653. The third-order valence-electron chi connectivity index (χ3n) is 4.96. The number of piperidine rings is 1.